The Labute approximate surface area is 82.3 Å². The van der Waals surface area contributed by atoms with E-state index >= 15 is 0 Å². The van der Waals surface area contributed by atoms with Crippen molar-refractivity contribution in [1.29, 1.82) is 0 Å². The number of furan rings is 1. The molecule has 4 heteroatoms. The van der Waals surface area contributed by atoms with Gasteiger partial charge in [0.1, 0.15) is 0 Å². The van der Waals surface area contributed by atoms with Crippen molar-refractivity contribution in [1.82, 2.24) is 9.78 Å². The number of rotatable bonds is 3. The van der Waals surface area contributed by atoms with E-state index in [0.717, 1.165) is 17.7 Å². The van der Waals surface area contributed by atoms with Crippen LogP contribution in [0.15, 0.2) is 35.3 Å². The van der Waals surface area contributed by atoms with Crippen LogP contribution < -0.4 is 5.73 Å². The molecule has 74 valence electrons. The van der Waals surface area contributed by atoms with Crippen LogP contribution in [0.25, 0.3) is 0 Å². The van der Waals surface area contributed by atoms with Crippen LogP contribution in [0.3, 0.4) is 0 Å². The molecule has 0 amide bonds. The Morgan fingerprint density at radius 3 is 3.00 bits per heavy atom. The lowest BCUT2D eigenvalue weighted by molar-refractivity contribution is 0.558. The maximum atomic E-state index is 6.03. The summed E-state index contributed by atoms with van der Waals surface area (Å²) in [5, 5.41) is 4.08. The minimum absolute atomic E-state index is 0.0277. The standard InChI is InChI=1S/C10H13N3O/c1-13-10(2-4-12-13)9(11)6-8-3-5-14-7-8/h2-5,7,9H,6,11H2,1H3. The number of hydrogen-bond donors (Lipinski definition) is 1. The van der Waals surface area contributed by atoms with Gasteiger partial charge in [-0.3, -0.25) is 4.68 Å². The van der Waals surface area contributed by atoms with Crippen LogP contribution in [0.5, 0.6) is 0 Å². The molecule has 0 bridgehead atoms. The van der Waals surface area contributed by atoms with E-state index in [1.165, 1.54) is 0 Å². The highest BCUT2D eigenvalue weighted by atomic mass is 16.3. The Morgan fingerprint density at radius 2 is 2.43 bits per heavy atom. The predicted molar refractivity (Wildman–Crippen MR) is 52.5 cm³/mol. The molecule has 0 aromatic carbocycles. The Balaban J connectivity index is 2.10. The van der Waals surface area contributed by atoms with Gasteiger partial charge < -0.3 is 10.2 Å². The average molecular weight is 191 g/mol. The van der Waals surface area contributed by atoms with Crippen LogP contribution in [-0.4, -0.2) is 9.78 Å². The van der Waals surface area contributed by atoms with Gasteiger partial charge in [0.2, 0.25) is 0 Å². The number of nitrogens with zero attached hydrogens (tertiary/aromatic N) is 2. The van der Waals surface area contributed by atoms with Gasteiger partial charge in [0, 0.05) is 13.2 Å². The van der Waals surface area contributed by atoms with E-state index in [2.05, 4.69) is 5.10 Å². The van der Waals surface area contributed by atoms with Crippen molar-refractivity contribution in [2.45, 2.75) is 12.5 Å². The molecule has 2 heterocycles. The van der Waals surface area contributed by atoms with E-state index in [1.54, 1.807) is 23.4 Å². The van der Waals surface area contributed by atoms with E-state index in [4.69, 9.17) is 10.2 Å². The fourth-order valence-electron chi connectivity index (χ4n) is 1.52. The summed E-state index contributed by atoms with van der Waals surface area (Å²) in [6.45, 7) is 0. The molecule has 1 atom stereocenters. The number of aryl methyl sites for hydroxylation is 1. The first-order chi connectivity index (χ1) is 6.77. The van der Waals surface area contributed by atoms with Crippen LogP contribution in [-0.2, 0) is 13.5 Å². The van der Waals surface area contributed by atoms with Crippen molar-refractivity contribution in [3.63, 3.8) is 0 Å². The largest absolute Gasteiger partial charge is 0.472 e. The van der Waals surface area contributed by atoms with Gasteiger partial charge in [-0.15, -0.1) is 0 Å². The van der Waals surface area contributed by atoms with Crippen LogP contribution >= 0.6 is 0 Å². The van der Waals surface area contributed by atoms with Gasteiger partial charge in [-0.1, -0.05) is 0 Å². The molecule has 0 saturated heterocycles. The lowest BCUT2D eigenvalue weighted by atomic mass is 10.1. The maximum absolute atomic E-state index is 6.03. The molecule has 4 nitrogen and oxygen atoms in total. The summed E-state index contributed by atoms with van der Waals surface area (Å²) < 4.78 is 6.78. The van der Waals surface area contributed by atoms with Gasteiger partial charge in [-0.05, 0) is 24.1 Å². The SMILES string of the molecule is Cn1nccc1C(N)Cc1ccoc1. The molecule has 2 aromatic heterocycles. The summed E-state index contributed by atoms with van der Waals surface area (Å²) in [6.07, 6.45) is 5.90. The number of aromatic nitrogens is 2. The van der Waals surface area contributed by atoms with Crippen LogP contribution in [0.4, 0.5) is 0 Å². The predicted octanol–water partition coefficient (Wildman–Crippen LogP) is 1.26. The molecule has 0 saturated carbocycles. The highest BCUT2D eigenvalue weighted by Crippen LogP contribution is 2.14. The molecule has 0 fully saturated rings. The second-order valence-corrected chi connectivity index (χ2v) is 3.32. The zero-order valence-electron chi connectivity index (χ0n) is 8.05. The van der Waals surface area contributed by atoms with Gasteiger partial charge in [-0.25, -0.2) is 0 Å². The summed E-state index contributed by atoms with van der Waals surface area (Å²) in [4.78, 5) is 0. The molecular weight excluding hydrogens is 178 g/mol. The lowest BCUT2D eigenvalue weighted by Crippen LogP contribution is -2.16. The van der Waals surface area contributed by atoms with Gasteiger partial charge in [0.15, 0.2) is 0 Å². The fraction of sp³-hybridized carbons (Fsp3) is 0.300. The second-order valence-electron chi connectivity index (χ2n) is 3.32. The van der Waals surface area contributed by atoms with Gasteiger partial charge >= 0.3 is 0 Å². The van der Waals surface area contributed by atoms with E-state index in [1.807, 2.05) is 19.2 Å². The topological polar surface area (TPSA) is 57.0 Å². The molecule has 0 radical (unpaired) electrons. The van der Waals surface area contributed by atoms with E-state index in [9.17, 15) is 0 Å². The minimum atomic E-state index is -0.0277. The Bertz CT molecular complexity index is 391. The molecule has 1 unspecified atom stereocenters. The number of nitrogens with two attached hydrogens (primary N) is 1. The quantitative estimate of drug-likeness (QED) is 0.794. The first-order valence-corrected chi connectivity index (χ1v) is 4.52. The summed E-state index contributed by atoms with van der Waals surface area (Å²) in [5.41, 5.74) is 8.17. The molecule has 2 rings (SSSR count). The first kappa shape index (κ1) is 9.02. The smallest absolute Gasteiger partial charge is 0.0935 e. The van der Waals surface area contributed by atoms with Crippen LogP contribution in [0.1, 0.15) is 17.3 Å². The van der Waals surface area contributed by atoms with E-state index in [0.29, 0.717) is 0 Å². The molecule has 0 aliphatic rings. The van der Waals surface area contributed by atoms with Crippen molar-refractivity contribution in [2.75, 3.05) is 0 Å². The van der Waals surface area contributed by atoms with Crippen molar-refractivity contribution in [3.8, 4) is 0 Å². The monoisotopic (exact) mass is 191 g/mol. The zero-order chi connectivity index (χ0) is 9.97. The van der Waals surface area contributed by atoms with E-state index in [-0.39, 0.29) is 6.04 Å². The Hall–Kier alpha value is -1.55. The highest BCUT2D eigenvalue weighted by Gasteiger charge is 2.10. The van der Waals surface area contributed by atoms with Gasteiger partial charge in [0.25, 0.3) is 0 Å². The third-order valence-corrected chi connectivity index (χ3v) is 2.27. The summed E-state index contributed by atoms with van der Waals surface area (Å²) >= 11 is 0. The maximum Gasteiger partial charge on any atom is 0.0935 e. The molecule has 2 aromatic rings. The Morgan fingerprint density at radius 1 is 1.57 bits per heavy atom. The molecule has 14 heavy (non-hydrogen) atoms. The molecule has 0 spiro atoms. The average Bonchev–Trinajstić information content (AvgIpc) is 2.75. The second kappa shape index (κ2) is 3.67. The number of hydrogen-bond acceptors (Lipinski definition) is 3. The highest BCUT2D eigenvalue weighted by molar-refractivity contribution is 5.13. The first-order valence-electron chi connectivity index (χ1n) is 4.52. The summed E-state index contributed by atoms with van der Waals surface area (Å²) in [7, 11) is 1.89. The zero-order valence-corrected chi connectivity index (χ0v) is 8.05. The summed E-state index contributed by atoms with van der Waals surface area (Å²) in [5.74, 6) is 0. The molecular formula is C10H13N3O. The normalized spacial score (nSPS) is 13.0. The fourth-order valence-corrected chi connectivity index (χ4v) is 1.52. The van der Waals surface area contributed by atoms with Gasteiger partial charge in [-0.2, -0.15) is 5.10 Å². The minimum Gasteiger partial charge on any atom is -0.472 e. The third kappa shape index (κ3) is 1.70. The van der Waals surface area contributed by atoms with Crippen LogP contribution in [0.2, 0.25) is 0 Å². The van der Waals surface area contributed by atoms with E-state index < -0.39 is 0 Å². The molecule has 0 aliphatic heterocycles. The Kier molecular flexibility index (Phi) is 2.37. The summed E-state index contributed by atoms with van der Waals surface area (Å²) in [6, 6.07) is 3.83. The lowest BCUT2D eigenvalue weighted by Gasteiger charge is -2.10. The van der Waals surface area contributed by atoms with Crippen molar-refractivity contribution < 1.29 is 4.42 Å². The molecule has 2 N–H and O–H groups in total. The van der Waals surface area contributed by atoms with Crippen molar-refractivity contribution in [2.24, 2.45) is 12.8 Å². The van der Waals surface area contributed by atoms with Gasteiger partial charge in [0.05, 0.1) is 24.3 Å². The molecule has 0 aliphatic carbocycles. The van der Waals surface area contributed by atoms with Crippen molar-refractivity contribution in [3.05, 3.63) is 42.1 Å². The van der Waals surface area contributed by atoms with Crippen LogP contribution in [0, 0.1) is 0 Å². The third-order valence-electron chi connectivity index (χ3n) is 2.27. The van der Waals surface area contributed by atoms with Crippen molar-refractivity contribution >= 4 is 0 Å².